The second-order valence-corrected chi connectivity index (χ2v) is 3.87. The molecule has 0 saturated carbocycles. The molecule has 2 rings (SSSR count). The van der Waals surface area contributed by atoms with Gasteiger partial charge in [0, 0.05) is 24.7 Å². The van der Waals surface area contributed by atoms with Crippen LogP contribution in [0.1, 0.15) is 11.6 Å². The van der Waals surface area contributed by atoms with Crippen LogP contribution in [0.5, 0.6) is 0 Å². The monoisotopic (exact) mass is 242 g/mol. The van der Waals surface area contributed by atoms with Crippen molar-refractivity contribution in [2.24, 2.45) is 0 Å². The molecule has 0 radical (unpaired) electrons. The normalized spacial score (nSPS) is 24.6. The van der Waals surface area contributed by atoms with Crippen molar-refractivity contribution in [3.8, 4) is 0 Å². The Labute approximate surface area is 96.6 Å². The Morgan fingerprint density at radius 2 is 2.00 bits per heavy atom. The Hall–Kier alpha value is -1.53. The maximum Gasteiger partial charge on any atom is 0.322 e. The molecule has 92 valence electrons. The van der Waals surface area contributed by atoms with Gasteiger partial charge in [0.2, 0.25) is 0 Å². The topological polar surface area (TPSA) is 61.4 Å². The first-order chi connectivity index (χ1) is 8.09. The standard InChI is InChI=1S/C11H12F2N2O2/c12-6-1-2-7(8(13)5-6)9-10(11(16)17)15-4-3-14-9/h1-2,5,9-10,14-15H,3-4H2,(H,16,17). The summed E-state index contributed by atoms with van der Waals surface area (Å²) in [5, 5.41) is 14.7. The second kappa shape index (κ2) is 4.77. The van der Waals surface area contributed by atoms with Crippen molar-refractivity contribution in [1.82, 2.24) is 10.6 Å². The Balaban J connectivity index is 2.32. The van der Waals surface area contributed by atoms with Crippen LogP contribution in [0.4, 0.5) is 8.78 Å². The van der Waals surface area contributed by atoms with Gasteiger partial charge in [0.1, 0.15) is 17.7 Å². The van der Waals surface area contributed by atoms with E-state index in [1.54, 1.807) is 0 Å². The lowest BCUT2D eigenvalue weighted by molar-refractivity contribution is -0.140. The second-order valence-electron chi connectivity index (χ2n) is 3.87. The molecular formula is C11H12F2N2O2. The SMILES string of the molecule is O=C(O)C1NCCNC1c1ccc(F)cc1F. The number of hydrogen-bond donors (Lipinski definition) is 3. The lowest BCUT2D eigenvalue weighted by Crippen LogP contribution is -2.54. The molecule has 0 amide bonds. The highest BCUT2D eigenvalue weighted by molar-refractivity contribution is 5.75. The third-order valence-electron chi connectivity index (χ3n) is 2.75. The molecule has 0 aromatic heterocycles. The zero-order valence-electron chi connectivity index (χ0n) is 8.91. The van der Waals surface area contributed by atoms with Gasteiger partial charge < -0.3 is 15.7 Å². The van der Waals surface area contributed by atoms with Crippen LogP contribution in [-0.4, -0.2) is 30.2 Å². The molecule has 17 heavy (non-hydrogen) atoms. The van der Waals surface area contributed by atoms with Crippen LogP contribution < -0.4 is 10.6 Å². The number of carboxylic acids is 1. The highest BCUT2D eigenvalue weighted by atomic mass is 19.1. The van der Waals surface area contributed by atoms with E-state index in [-0.39, 0.29) is 5.56 Å². The molecule has 2 unspecified atom stereocenters. The molecular weight excluding hydrogens is 230 g/mol. The van der Waals surface area contributed by atoms with Crippen molar-refractivity contribution in [2.75, 3.05) is 13.1 Å². The van der Waals surface area contributed by atoms with Crippen LogP contribution in [0.3, 0.4) is 0 Å². The summed E-state index contributed by atoms with van der Waals surface area (Å²) in [5.74, 6) is -2.48. The minimum absolute atomic E-state index is 0.158. The van der Waals surface area contributed by atoms with Gasteiger partial charge in [-0.25, -0.2) is 8.78 Å². The lowest BCUT2D eigenvalue weighted by atomic mass is 9.97. The Morgan fingerprint density at radius 1 is 1.29 bits per heavy atom. The lowest BCUT2D eigenvalue weighted by Gasteiger charge is -2.31. The Kier molecular flexibility index (Phi) is 3.35. The summed E-state index contributed by atoms with van der Waals surface area (Å²) < 4.78 is 26.3. The molecule has 6 heteroatoms. The number of piperazine rings is 1. The van der Waals surface area contributed by atoms with E-state index in [9.17, 15) is 13.6 Å². The van der Waals surface area contributed by atoms with Crippen molar-refractivity contribution in [3.63, 3.8) is 0 Å². The number of hydrogen-bond acceptors (Lipinski definition) is 3. The fourth-order valence-corrected chi connectivity index (χ4v) is 1.96. The van der Waals surface area contributed by atoms with Crippen molar-refractivity contribution in [1.29, 1.82) is 0 Å². The molecule has 1 aliphatic rings. The summed E-state index contributed by atoms with van der Waals surface area (Å²) in [6, 6.07) is 1.54. The molecule has 4 nitrogen and oxygen atoms in total. The van der Waals surface area contributed by atoms with Gasteiger partial charge in [0.05, 0.1) is 6.04 Å². The maximum absolute atomic E-state index is 13.6. The van der Waals surface area contributed by atoms with Gasteiger partial charge >= 0.3 is 5.97 Å². The smallest absolute Gasteiger partial charge is 0.322 e. The van der Waals surface area contributed by atoms with Crippen LogP contribution in [-0.2, 0) is 4.79 Å². The van der Waals surface area contributed by atoms with Crippen molar-refractivity contribution < 1.29 is 18.7 Å². The molecule has 1 heterocycles. The average molecular weight is 242 g/mol. The Bertz CT molecular complexity index is 439. The third kappa shape index (κ3) is 2.42. The number of carboxylic acid groups (broad SMARTS) is 1. The number of aliphatic carboxylic acids is 1. The first-order valence-electron chi connectivity index (χ1n) is 5.24. The average Bonchev–Trinajstić information content (AvgIpc) is 2.29. The molecule has 1 aromatic rings. The fraction of sp³-hybridized carbons (Fsp3) is 0.364. The summed E-state index contributed by atoms with van der Waals surface area (Å²) in [5.41, 5.74) is 0.158. The van der Waals surface area contributed by atoms with E-state index < -0.39 is 29.7 Å². The van der Waals surface area contributed by atoms with Crippen LogP contribution >= 0.6 is 0 Å². The van der Waals surface area contributed by atoms with Gasteiger partial charge in [0.15, 0.2) is 0 Å². The van der Waals surface area contributed by atoms with Gasteiger partial charge in [-0.3, -0.25) is 4.79 Å². The van der Waals surface area contributed by atoms with E-state index >= 15 is 0 Å². The quantitative estimate of drug-likeness (QED) is 0.712. The van der Waals surface area contributed by atoms with Gasteiger partial charge in [-0.2, -0.15) is 0 Å². The minimum Gasteiger partial charge on any atom is -0.480 e. The summed E-state index contributed by atoms with van der Waals surface area (Å²) >= 11 is 0. The molecule has 2 atom stereocenters. The summed E-state index contributed by atoms with van der Waals surface area (Å²) in [4.78, 5) is 11.0. The molecule has 1 fully saturated rings. The van der Waals surface area contributed by atoms with Crippen LogP contribution in [0.15, 0.2) is 18.2 Å². The fourth-order valence-electron chi connectivity index (χ4n) is 1.96. The minimum atomic E-state index is -1.06. The van der Waals surface area contributed by atoms with Crippen LogP contribution in [0.2, 0.25) is 0 Å². The van der Waals surface area contributed by atoms with E-state index in [4.69, 9.17) is 5.11 Å². The highest BCUT2D eigenvalue weighted by Crippen LogP contribution is 2.22. The van der Waals surface area contributed by atoms with Crippen molar-refractivity contribution in [2.45, 2.75) is 12.1 Å². The highest BCUT2D eigenvalue weighted by Gasteiger charge is 2.33. The van der Waals surface area contributed by atoms with E-state index in [1.165, 1.54) is 6.07 Å². The zero-order chi connectivity index (χ0) is 12.4. The largest absolute Gasteiger partial charge is 0.480 e. The number of carbonyl (C=O) groups is 1. The van der Waals surface area contributed by atoms with Crippen LogP contribution in [0.25, 0.3) is 0 Å². The number of nitrogens with one attached hydrogen (secondary N) is 2. The predicted octanol–water partition coefficient (Wildman–Crippen LogP) is 0.652. The van der Waals surface area contributed by atoms with E-state index in [1.807, 2.05) is 0 Å². The molecule has 0 aliphatic carbocycles. The third-order valence-corrected chi connectivity index (χ3v) is 2.75. The van der Waals surface area contributed by atoms with Gasteiger partial charge in [-0.1, -0.05) is 6.07 Å². The number of rotatable bonds is 2. The first kappa shape index (κ1) is 11.9. The molecule has 0 bridgehead atoms. The number of benzene rings is 1. The summed E-state index contributed by atoms with van der Waals surface area (Å²) in [6.07, 6.45) is 0. The first-order valence-corrected chi connectivity index (χ1v) is 5.24. The van der Waals surface area contributed by atoms with E-state index in [2.05, 4.69) is 10.6 Å². The molecule has 0 spiro atoms. The van der Waals surface area contributed by atoms with Crippen molar-refractivity contribution in [3.05, 3.63) is 35.4 Å². The van der Waals surface area contributed by atoms with Crippen LogP contribution in [0, 0.1) is 11.6 Å². The Morgan fingerprint density at radius 3 is 2.65 bits per heavy atom. The van der Waals surface area contributed by atoms with Crippen molar-refractivity contribution >= 4 is 5.97 Å². The van der Waals surface area contributed by atoms with E-state index in [0.29, 0.717) is 13.1 Å². The molecule has 1 aromatic carbocycles. The van der Waals surface area contributed by atoms with Gasteiger partial charge in [0.25, 0.3) is 0 Å². The summed E-state index contributed by atoms with van der Waals surface area (Å²) in [6.45, 7) is 1.03. The molecule has 3 N–H and O–H groups in total. The predicted molar refractivity (Wildman–Crippen MR) is 56.5 cm³/mol. The maximum atomic E-state index is 13.6. The van der Waals surface area contributed by atoms with E-state index in [0.717, 1.165) is 12.1 Å². The molecule has 1 aliphatic heterocycles. The summed E-state index contributed by atoms with van der Waals surface area (Å²) in [7, 11) is 0. The zero-order valence-corrected chi connectivity index (χ0v) is 8.91. The molecule has 1 saturated heterocycles. The van der Waals surface area contributed by atoms with Gasteiger partial charge in [-0.05, 0) is 6.07 Å². The number of halogens is 2. The van der Waals surface area contributed by atoms with Gasteiger partial charge in [-0.15, -0.1) is 0 Å².